The van der Waals surface area contributed by atoms with Crippen LogP contribution in [0.25, 0.3) is 0 Å². The number of anilines is 3. The van der Waals surface area contributed by atoms with Gasteiger partial charge in [-0.15, -0.1) is 0 Å². The lowest BCUT2D eigenvalue weighted by atomic mass is 10.5. The van der Waals surface area contributed by atoms with E-state index in [4.69, 9.17) is 16.2 Å². The van der Waals surface area contributed by atoms with E-state index >= 15 is 0 Å². The highest BCUT2D eigenvalue weighted by Crippen LogP contribution is 2.31. The number of hydrogen-bond acceptors (Lipinski definition) is 6. The largest absolute Gasteiger partial charge is 0.455 e. The van der Waals surface area contributed by atoms with Crippen molar-refractivity contribution >= 4 is 17.5 Å². The molecule has 0 fully saturated rings. The van der Waals surface area contributed by atoms with Gasteiger partial charge in [0.25, 0.3) is 0 Å². The number of rotatable bonds is 0. The molecule has 0 radical (unpaired) electrons. The van der Waals surface area contributed by atoms with Crippen LogP contribution in [0.1, 0.15) is 0 Å². The van der Waals surface area contributed by atoms with Gasteiger partial charge >= 0.3 is 0 Å². The maximum absolute atomic E-state index is 5.50. The van der Waals surface area contributed by atoms with E-state index in [9.17, 15) is 0 Å². The van der Waals surface area contributed by atoms with Gasteiger partial charge in [0.1, 0.15) is 5.69 Å². The van der Waals surface area contributed by atoms with E-state index in [0.717, 1.165) is 0 Å². The van der Waals surface area contributed by atoms with Gasteiger partial charge in [0.15, 0.2) is 12.5 Å². The van der Waals surface area contributed by atoms with Gasteiger partial charge < -0.3 is 21.5 Å². The Morgan fingerprint density at radius 2 is 2.18 bits per heavy atom. The van der Waals surface area contributed by atoms with Crippen LogP contribution in [0.3, 0.4) is 0 Å². The first-order chi connectivity index (χ1) is 5.27. The molecule has 0 aromatic carbocycles. The van der Waals surface area contributed by atoms with Gasteiger partial charge in [-0.05, 0) is 0 Å². The summed E-state index contributed by atoms with van der Waals surface area (Å²) < 4.78 is 5.04. The molecule has 6 heteroatoms. The van der Waals surface area contributed by atoms with Crippen LogP contribution in [-0.4, -0.2) is 16.7 Å². The second-order valence-electron chi connectivity index (χ2n) is 2.11. The van der Waals surface area contributed by atoms with Crippen molar-refractivity contribution in [2.24, 2.45) is 0 Å². The lowest BCUT2D eigenvalue weighted by Gasteiger charge is -1.99. The number of nitrogens with zero attached hydrogens (tertiary/aromatic N) is 2. The average Bonchev–Trinajstić information content (AvgIpc) is 2.34. The molecule has 1 aromatic heterocycles. The van der Waals surface area contributed by atoms with Gasteiger partial charge in [-0.3, -0.25) is 0 Å². The number of aromatic nitrogens is 2. The summed E-state index contributed by atoms with van der Waals surface area (Å²) in [5.74, 6) is 0.880. The van der Waals surface area contributed by atoms with E-state index < -0.39 is 0 Å². The molecular weight excluding hydrogens is 146 g/mol. The van der Waals surface area contributed by atoms with Gasteiger partial charge in [-0.25, -0.2) is 0 Å². The quantitative estimate of drug-likeness (QED) is 0.460. The molecule has 58 valence electrons. The van der Waals surface area contributed by atoms with Crippen molar-refractivity contribution in [1.29, 1.82) is 0 Å². The summed E-state index contributed by atoms with van der Waals surface area (Å²) in [6.45, 7) is 0.373. The lowest BCUT2D eigenvalue weighted by molar-refractivity contribution is 0.359. The van der Waals surface area contributed by atoms with Crippen molar-refractivity contribution < 1.29 is 4.74 Å². The van der Waals surface area contributed by atoms with E-state index in [0.29, 0.717) is 24.1 Å². The maximum Gasteiger partial charge on any atom is 0.246 e. The molecule has 1 aromatic rings. The third-order valence-electron chi connectivity index (χ3n) is 1.38. The summed E-state index contributed by atoms with van der Waals surface area (Å²) in [5, 5.41) is 2.87. The molecule has 0 saturated carbocycles. The summed E-state index contributed by atoms with van der Waals surface area (Å²) in [7, 11) is 0. The van der Waals surface area contributed by atoms with E-state index in [1.165, 1.54) is 0 Å². The van der Waals surface area contributed by atoms with Gasteiger partial charge in [0, 0.05) is 0 Å². The third kappa shape index (κ3) is 0.794. The molecule has 11 heavy (non-hydrogen) atoms. The Morgan fingerprint density at radius 3 is 3.00 bits per heavy atom. The van der Waals surface area contributed by atoms with Crippen LogP contribution < -0.4 is 21.5 Å². The molecule has 0 amide bonds. The van der Waals surface area contributed by atoms with E-state index in [-0.39, 0.29) is 5.95 Å². The average molecular weight is 153 g/mol. The van der Waals surface area contributed by atoms with Crippen LogP contribution in [0, 0.1) is 0 Å². The van der Waals surface area contributed by atoms with Crippen LogP contribution in [0.15, 0.2) is 0 Å². The van der Waals surface area contributed by atoms with Gasteiger partial charge in [-0.1, -0.05) is 0 Å². The highest BCUT2D eigenvalue weighted by atomic mass is 16.5. The minimum atomic E-state index is 0.130. The zero-order chi connectivity index (χ0) is 7.84. The molecule has 0 aliphatic carbocycles. The number of nitrogens with one attached hydrogen (secondary N) is 1. The monoisotopic (exact) mass is 153 g/mol. The second kappa shape index (κ2) is 1.88. The number of ether oxygens (including phenoxy) is 1. The Kier molecular flexibility index (Phi) is 1.03. The molecule has 0 spiro atoms. The molecule has 0 bridgehead atoms. The standard InChI is InChI=1S/C5H7N5O/c6-3-2-4(11-1-8-2)10-5(7)9-3/h8H,1H2,(H4,6,7,9,10). The fourth-order valence-corrected chi connectivity index (χ4v) is 0.921. The Morgan fingerprint density at radius 1 is 1.36 bits per heavy atom. The first kappa shape index (κ1) is 6.02. The molecule has 6 nitrogen and oxygen atoms in total. The van der Waals surface area contributed by atoms with Crippen LogP contribution in [-0.2, 0) is 0 Å². The molecule has 0 unspecified atom stereocenters. The van der Waals surface area contributed by atoms with Crippen LogP contribution >= 0.6 is 0 Å². The first-order valence-electron chi connectivity index (χ1n) is 3.07. The number of hydrogen-bond donors (Lipinski definition) is 3. The number of fused-ring (bicyclic) bond motifs is 1. The number of nitrogen functional groups attached to an aromatic ring is 2. The minimum Gasteiger partial charge on any atom is -0.455 e. The minimum absolute atomic E-state index is 0.130. The second-order valence-corrected chi connectivity index (χ2v) is 2.11. The van der Waals surface area contributed by atoms with Crippen molar-refractivity contribution in [3.8, 4) is 5.88 Å². The Hall–Kier alpha value is -1.72. The predicted octanol–water partition coefficient (Wildman–Crippen LogP) is -0.597. The maximum atomic E-state index is 5.50. The van der Waals surface area contributed by atoms with Gasteiger partial charge in [0.05, 0.1) is 0 Å². The Bertz CT molecular complexity index is 299. The molecule has 1 aliphatic rings. The van der Waals surface area contributed by atoms with Crippen molar-refractivity contribution in [3.63, 3.8) is 0 Å². The predicted molar refractivity (Wildman–Crippen MR) is 40.0 cm³/mol. The topological polar surface area (TPSA) is 99.1 Å². The summed E-state index contributed by atoms with van der Waals surface area (Å²) in [6, 6.07) is 0. The molecule has 1 aliphatic heterocycles. The SMILES string of the molecule is Nc1nc(N)c2c(n1)OCN2. The van der Waals surface area contributed by atoms with E-state index in [2.05, 4.69) is 15.3 Å². The van der Waals surface area contributed by atoms with Crippen LogP contribution in [0.4, 0.5) is 17.5 Å². The Labute approximate surface area is 62.6 Å². The summed E-state index contributed by atoms with van der Waals surface area (Å²) in [6.07, 6.45) is 0. The molecular formula is C5H7N5O. The fourth-order valence-electron chi connectivity index (χ4n) is 0.921. The molecule has 5 N–H and O–H groups in total. The van der Waals surface area contributed by atoms with Crippen molar-refractivity contribution in [1.82, 2.24) is 9.97 Å². The highest BCUT2D eigenvalue weighted by molar-refractivity contribution is 5.70. The summed E-state index contributed by atoms with van der Waals surface area (Å²) in [5.41, 5.74) is 11.4. The molecule has 2 heterocycles. The fraction of sp³-hybridized carbons (Fsp3) is 0.200. The van der Waals surface area contributed by atoms with Gasteiger partial charge in [0.2, 0.25) is 11.8 Å². The number of nitrogens with two attached hydrogens (primary N) is 2. The first-order valence-corrected chi connectivity index (χ1v) is 3.07. The molecule has 2 rings (SSSR count). The third-order valence-corrected chi connectivity index (χ3v) is 1.38. The normalized spacial score (nSPS) is 13.5. The molecule has 0 saturated heterocycles. The van der Waals surface area contributed by atoms with Crippen LogP contribution in [0.2, 0.25) is 0 Å². The van der Waals surface area contributed by atoms with E-state index in [1.54, 1.807) is 0 Å². The van der Waals surface area contributed by atoms with Crippen LogP contribution in [0.5, 0.6) is 5.88 Å². The summed E-state index contributed by atoms with van der Waals surface area (Å²) >= 11 is 0. The van der Waals surface area contributed by atoms with Crippen molar-refractivity contribution in [3.05, 3.63) is 0 Å². The van der Waals surface area contributed by atoms with Crippen molar-refractivity contribution in [2.45, 2.75) is 0 Å². The Balaban J connectivity index is 2.60. The van der Waals surface area contributed by atoms with Crippen molar-refractivity contribution in [2.75, 3.05) is 23.5 Å². The zero-order valence-corrected chi connectivity index (χ0v) is 5.66. The molecule has 0 atom stereocenters. The highest BCUT2D eigenvalue weighted by Gasteiger charge is 2.17. The zero-order valence-electron chi connectivity index (χ0n) is 5.66. The smallest absolute Gasteiger partial charge is 0.246 e. The summed E-state index contributed by atoms with van der Waals surface area (Å²) in [4.78, 5) is 7.56. The van der Waals surface area contributed by atoms with Gasteiger partial charge in [-0.2, -0.15) is 9.97 Å². The van der Waals surface area contributed by atoms with E-state index in [1.807, 2.05) is 0 Å². The lowest BCUT2D eigenvalue weighted by Crippen LogP contribution is -2.01.